The van der Waals surface area contributed by atoms with Crippen molar-refractivity contribution in [2.24, 2.45) is 10.2 Å². The number of aryl methyl sites for hydroxylation is 6. The molecule has 0 heterocycles. The van der Waals surface area contributed by atoms with E-state index >= 15 is 0 Å². The van der Waals surface area contributed by atoms with Crippen molar-refractivity contribution in [2.75, 3.05) is 5.32 Å². The highest BCUT2D eigenvalue weighted by Gasteiger charge is 2.12. The summed E-state index contributed by atoms with van der Waals surface area (Å²) in [5.74, 6) is 0.434. The number of anilines is 1. The molecule has 0 spiro atoms. The van der Waals surface area contributed by atoms with Crippen molar-refractivity contribution in [3.63, 3.8) is 0 Å². The molecule has 1 amide bonds. The van der Waals surface area contributed by atoms with Gasteiger partial charge in [0.05, 0.1) is 11.4 Å². The van der Waals surface area contributed by atoms with Gasteiger partial charge in [0.15, 0.2) is 0 Å². The minimum atomic E-state index is -0.135. The predicted octanol–water partition coefficient (Wildman–Crippen LogP) is 10.6. The van der Waals surface area contributed by atoms with Crippen molar-refractivity contribution in [3.8, 4) is 11.5 Å². The first-order chi connectivity index (χ1) is 21.5. The molecule has 0 aliphatic rings. The van der Waals surface area contributed by atoms with Gasteiger partial charge in [-0.2, -0.15) is 10.2 Å². The van der Waals surface area contributed by atoms with Gasteiger partial charge in [0.2, 0.25) is 0 Å². The molecular formula is C39H37N3O3. The van der Waals surface area contributed by atoms with Gasteiger partial charge in [0.25, 0.3) is 5.91 Å². The van der Waals surface area contributed by atoms with Crippen LogP contribution in [0, 0.1) is 41.5 Å². The van der Waals surface area contributed by atoms with Gasteiger partial charge in [0.1, 0.15) is 11.5 Å². The molecule has 3 N–H and O–H groups in total. The third-order valence-electron chi connectivity index (χ3n) is 7.89. The molecule has 0 atom stereocenters. The van der Waals surface area contributed by atoms with Crippen LogP contribution in [0.4, 0.5) is 17.1 Å². The van der Waals surface area contributed by atoms with Gasteiger partial charge in [-0.3, -0.25) is 4.79 Å². The van der Waals surface area contributed by atoms with Crippen LogP contribution in [-0.2, 0) is 0 Å². The number of hydrogen-bond donors (Lipinski definition) is 3. The van der Waals surface area contributed by atoms with E-state index in [-0.39, 0.29) is 11.7 Å². The van der Waals surface area contributed by atoms with Crippen molar-refractivity contribution in [3.05, 3.63) is 136 Å². The molecule has 0 aliphatic heterocycles. The van der Waals surface area contributed by atoms with Crippen LogP contribution in [0.2, 0.25) is 0 Å². The zero-order chi connectivity index (χ0) is 32.2. The number of fused-ring (bicyclic) bond motifs is 2. The summed E-state index contributed by atoms with van der Waals surface area (Å²) in [7, 11) is 0. The van der Waals surface area contributed by atoms with Crippen molar-refractivity contribution in [1.29, 1.82) is 0 Å². The molecule has 6 heteroatoms. The first-order valence-corrected chi connectivity index (χ1v) is 14.8. The fourth-order valence-corrected chi connectivity index (χ4v) is 5.26. The monoisotopic (exact) mass is 595 g/mol. The Balaban J connectivity index is 0.000000178. The number of phenolic OH excluding ortho intramolecular Hbond substituents is 2. The number of nitrogens with zero attached hydrogens (tertiary/aromatic N) is 2. The highest BCUT2D eigenvalue weighted by atomic mass is 16.3. The molecule has 0 aromatic heterocycles. The maximum Gasteiger partial charge on any atom is 0.255 e. The summed E-state index contributed by atoms with van der Waals surface area (Å²) in [5.41, 5.74) is 9.34. The lowest BCUT2D eigenvalue weighted by molar-refractivity contribution is 0.102. The number of carbonyl (C=O) groups is 1. The van der Waals surface area contributed by atoms with Gasteiger partial charge in [-0.25, -0.2) is 0 Å². The van der Waals surface area contributed by atoms with E-state index in [1.54, 1.807) is 12.1 Å². The van der Waals surface area contributed by atoms with E-state index in [1.807, 2.05) is 120 Å². The summed E-state index contributed by atoms with van der Waals surface area (Å²) in [5, 5.41) is 35.3. The molecule has 226 valence electrons. The minimum absolute atomic E-state index is 0.135. The second kappa shape index (κ2) is 13.0. The molecule has 0 unspecified atom stereocenters. The van der Waals surface area contributed by atoms with Crippen molar-refractivity contribution < 1.29 is 15.0 Å². The maximum atomic E-state index is 12.4. The van der Waals surface area contributed by atoms with Crippen LogP contribution in [0.3, 0.4) is 0 Å². The standard InChI is InChI=1S/C20H19NO2.C19H18N2O/c1-12-4-6-15(7-5-12)20(23)21-18-9-8-16-17(14(18)3)10-13(2)11-19(16)22;1-12-4-6-15(7-5-12)20-21-18-9-8-16-17(14(18)3)10-13(2)11-19(16)22/h4-11,22H,1-3H3,(H,21,23);4-11,22H,1-3H3. The van der Waals surface area contributed by atoms with E-state index in [1.165, 1.54) is 5.56 Å². The summed E-state index contributed by atoms with van der Waals surface area (Å²) < 4.78 is 0. The minimum Gasteiger partial charge on any atom is -0.507 e. The third kappa shape index (κ3) is 7.02. The number of phenols is 2. The number of hydrogen-bond acceptors (Lipinski definition) is 5. The van der Waals surface area contributed by atoms with Gasteiger partial charge < -0.3 is 15.5 Å². The molecule has 6 aromatic rings. The fraction of sp³-hybridized carbons (Fsp3) is 0.154. The number of amides is 1. The average molecular weight is 596 g/mol. The second-order valence-electron chi connectivity index (χ2n) is 11.6. The van der Waals surface area contributed by atoms with Crippen LogP contribution >= 0.6 is 0 Å². The molecular weight excluding hydrogens is 558 g/mol. The van der Waals surface area contributed by atoms with E-state index in [2.05, 4.69) is 21.6 Å². The highest BCUT2D eigenvalue weighted by Crippen LogP contribution is 2.35. The lowest BCUT2D eigenvalue weighted by Gasteiger charge is -2.13. The zero-order valence-electron chi connectivity index (χ0n) is 26.4. The van der Waals surface area contributed by atoms with E-state index in [9.17, 15) is 15.0 Å². The van der Waals surface area contributed by atoms with E-state index in [4.69, 9.17) is 0 Å². The Bertz CT molecular complexity index is 2060. The summed E-state index contributed by atoms with van der Waals surface area (Å²) in [6, 6.07) is 30.5. The number of rotatable bonds is 4. The molecule has 6 rings (SSSR count). The van der Waals surface area contributed by atoms with Crippen molar-refractivity contribution in [1.82, 2.24) is 0 Å². The van der Waals surface area contributed by atoms with E-state index in [0.717, 1.165) is 66.4 Å². The topological polar surface area (TPSA) is 94.3 Å². The number of benzene rings is 6. The molecule has 6 nitrogen and oxygen atoms in total. The molecule has 45 heavy (non-hydrogen) atoms. The summed E-state index contributed by atoms with van der Waals surface area (Å²) >= 11 is 0. The zero-order valence-corrected chi connectivity index (χ0v) is 26.4. The Morgan fingerprint density at radius 2 is 1.04 bits per heavy atom. The molecule has 0 radical (unpaired) electrons. The largest absolute Gasteiger partial charge is 0.507 e. The van der Waals surface area contributed by atoms with E-state index in [0.29, 0.717) is 11.3 Å². The quantitative estimate of drug-likeness (QED) is 0.177. The summed E-state index contributed by atoms with van der Waals surface area (Å²) in [6.07, 6.45) is 0. The van der Waals surface area contributed by atoms with Crippen LogP contribution in [0.1, 0.15) is 43.7 Å². The smallest absolute Gasteiger partial charge is 0.255 e. The predicted molar refractivity (Wildman–Crippen MR) is 185 cm³/mol. The molecule has 0 aliphatic carbocycles. The van der Waals surface area contributed by atoms with Gasteiger partial charge in [-0.15, -0.1) is 0 Å². The number of carbonyl (C=O) groups excluding carboxylic acids is 1. The normalized spacial score (nSPS) is 11.1. The Kier molecular flexibility index (Phi) is 8.96. The van der Waals surface area contributed by atoms with Crippen LogP contribution in [-0.4, -0.2) is 16.1 Å². The highest BCUT2D eigenvalue weighted by molar-refractivity contribution is 6.06. The van der Waals surface area contributed by atoms with Gasteiger partial charge in [0, 0.05) is 22.0 Å². The molecule has 0 saturated heterocycles. The van der Waals surface area contributed by atoms with E-state index < -0.39 is 0 Å². The number of nitrogens with one attached hydrogen (secondary N) is 1. The maximum absolute atomic E-state index is 12.4. The number of azo groups is 1. The number of aromatic hydroxyl groups is 2. The Morgan fingerprint density at radius 3 is 1.62 bits per heavy atom. The first-order valence-electron chi connectivity index (χ1n) is 14.8. The molecule has 0 fully saturated rings. The summed E-state index contributed by atoms with van der Waals surface area (Å²) in [4.78, 5) is 12.4. The third-order valence-corrected chi connectivity index (χ3v) is 7.89. The van der Waals surface area contributed by atoms with Crippen molar-refractivity contribution >= 4 is 44.5 Å². The lowest BCUT2D eigenvalue weighted by Crippen LogP contribution is -2.12. The first kappa shape index (κ1) is 31.0. The van der Waals surface area contributed by atoms with Crippen LogP contribution in [0.25, 0.3) is 21.5 Å². The van der Waals surface area contributed by atoms with Crippen LogP contribution in [0.15, 0.2) is 107 Å². The fourth-order valence-electron chi connectivity index (χ4n) is 5.26. The van der Waals surface area contributed by atoms with Crippen LogP contribution in [0.5, 0.6) is 11.5 Å². The Labute approximate surface area is 263 Å². The molecule has 6 aromatic carbocycles. The average Bonchev–Trinajstić information content (AvgIpc) is 3.00. The SMILES string of the molecule is Cc1ccc(C(=O)Nc2ccc3c(O)cc(C)cc3c2C)cc1.Cc1ccc(N=Nc2ccc3c(O)cc(C)cc3c2C)cc1. The Hall–Kier alpha value is -5.49. The van der Waals surface area contributed by atoms with Gasteiger partial charge in [-0.1, -0.05) is 47.5 Å². The molecule has 0 bridgehead atoms. The van der Waals surface area contributed by atoms with Gasteiger partial charge in [-0.05, 0) is 135 Å². The van der Waals surface area contributed by atoms with Crippen LogP contribution < -0.4 is 5.32 Å². The second-order valence-corrected chi connectivity index (χ2v) is 11.6. The lowest BCUT2D eigenvalue weighted by atomic mass is 10.0. The van der Waals surface area contributed by atoms with Crippen molar-refractivity contribution in [2.45, 2.75) is 41.5 Å². The Morgan fingerprint density at radius 1 is 0.533 bits per heavy atom. The van der Waals surface area contributed by atoms with Gasteiger partial charge >= 0.3 is 0 Å². The molecule has 0 saturated carbocycles. The summed E-state index contributed by atoms with van der Waals surface area (Å²) in [6.45, 7) is 11.9.